The second-order valence-corrected chi connectivity index (χ2v) is 8.25. The van der Waals surface area contributed by atoms with E-state index in [-0.39, 0.29) is 29.8 Å². The quantitative estimate of drug-likeness (QED) is 0.811. The van der Waals surface area contributed by atoms with Crippen molar-refractivity contribution in [2.45, 2.75) is 55.9 Å². The third-order valence-corrected chi connectivity index (χ3v) is 6.65. The van der Waals surface area contributed by atoms with E-state index >= 15 is 0 Å². The topological polar surface area (TPSA) is 69.7 Å². The molecule has 4 amide bonds. The van der Waals surface area contributed by atoms with Crippen molar-refractivity contribution in [3.63, 3.8) is 0 Å². The second kappa shape index (κ2) is 6.66. The van der Waals surface area contributed by atoms with Gasteiger partial charge in [0.2, 0.25) is 5.91 Å². The van der Waals surface area contributed by atoms with Gasteiger partial charge in [0.15, 0.2) is 0 Å². The van der Waals surface area contributed by atoms with Crippen LogP contribution in [0.3, 0.4) is 0 Å². The molecule has 0 radical (unpaired) electrons. The first kappa shape index (κ1) is 18.0. The lowest BCUT2D eigenvalue weighted by Crippen LogP contribution is -2.49. The van der Waals surface area contributed by atoms with Crippen LogP contribution in [-0.2, 0) is 15.0 Å². The Hall–Kier alpha value is -2.37. The zero-order chi connectivity index (χ0) is 19.1. The number of hydrogen-bond acceptors (Lipinski definition) is 3. The number of amides is 4. The monoisotopic (exact) mass is 369 g/mol. The Balaban J connectivity index is 1.38. The number of nitrogens with one attached hydrogen (secondary N) is 1. The van der Waals surface area contributed by atoms with Crippen LogP contribution in [0.2, 0.25) is 0 Å². The van der Waals surface area contributed by atoms with E-state index < -0.39 is 5.54 Å². The number of imide groups is 1. The number of benzene rings is 1. The summed E-state index contributed by atoms with van der Waals surface area (Å²) < 4.78 is 0. The molecule has 0 unspecified atom stereocenters. The summed E-state index contributed by atoms with van der Waals surface area (Å²) in [5.41, 5.74) is 0.522. The van der Waals surface area contributed by atoms with Gasteiger partial charge in [-0.25, -0.2) is 4.79 Å². The van der Waals surface area contributed by atoms with Gasteiger partial charge in [-0.2, -0.15) is 0 Å². The molecule has 0 bridgehead atoms. The van der Waals surface area contributed by atoms with Crippen molar-refractivity contribution in [3.05, 3.63) is 35.9 Å². The molecular formula is C21H27N3O3. The van der Waals surface area contributed by atoms with Crippen LogP contribution >= 0.6 is 0 Å². The summed E-state index contributed by atoms with van der Waals surface area (Å²) in [5, 5.41) is 2.95. The maximum absolute atomic E-state index is 13.0. The molecular weight excluding hydrogens is 342 g/mol. The number of rotatable bonds is 5. The molecule has 1 heterocycles. The summed E-state index contributed by atoms with van der Waals surface area (Å²) in [6.07, 6.45) is 6.48. The zero-order valence-corrected chi connectivity index (χ0v) is 15.9. The molecule has 1 spiro atoms. The van der Waals surface area contributed by atoms with Crippen LogP contribution in [0, 0.1) is 0 Å². The minimum atomic E-state index is -0.725. The molecule has 27 heavy (non-hydrogen) atoms. The van der Waals surface area contributed by atoms with E-state index in [1.165, 1.54) is 5.56 Å². The smallest absolute Gasteiger partial charge is 0.327 e. The van der Waals surface area contributed by atoms with Crippen molar-refractivity contribution in [1.82, 2.24) is 15.1 Å². The maximum Gasteiger partial charge on any atom is 0.327 e. The van der Waals surface area contributed by atoms with Crippen molar-refractivity contribution in [2.75, 3.05) is 20.1 Å². The number of carbonyl (C=O) groups excluding carboxylic acids is 3. The molecule has 1 aliphatic heterocycles. The van der Waals surface area contributed by atoms with Crippen LogP contribution in [-0.4, -0.2) is 53.3 Å². The lowest BCUT2D eigenvalue weighted by atomic mass is 9.81. The van der Waals surface area contributed by atoms with Gasteiger partial charge >= 0.3 is 6.03 Å². The van der Waals surface area contributed by atoms with Gasteiger partial charge in [-0.05, 0) is 31.2 Å². The van der Waals surface area contributed by atoms with Crippen molar-refractivity contribution >= 4 is 17.8 Å². The van der Waals surface area contributed by atoms with Gasteiger partial charge in [0.25, 0.3) is 5.91 Å². The van der Waals surface area contributed by atoms with Gasteiger partial charge < -0.3 is 10.2 Å². The predicted octanol–water partition coefficient (Wildman–Crippen LogP) is 2.43. The van der Waals surface area contributed by atoms with Gasteiger partial charge in [0.1, 0.15) is 12.1 Å². The molecule has 3 fully saturated rings. The maximum atomic E-state index is 13.0. The van der Waals surface area contributed by atoms with Crippen LogP contribution in [0.25, 0.3) is 0 Å². The van der Waals surface area contributed by atoms with E-state index in [9.17, 15) is 14.4 Å². The van der Waals surface area contributed by atoms with Crippen LogP contribution in [0.1, 0.15) is 50.5 Å². The lowest BCUT2D eigenvalue weighted by Gasteiger charge is -2.35. The van der Waals surface area contributed by atoms with Gasteiger partial charge in [0.05, 0.1) is 0 Å². The largest absolute Gasteiger partial charge is 0.354 e. The first-order valence-corrected chi connectivity index (χ1v) is 9.91. The Bertz CT molecular complexity index is 751. The molecule has 3 aliphatic rings. The molecule has 2 saturated carbocycles. The Morgan fingerprint density at radius 3 is 2.33 bits per heavy atom. The van der Waals surface area contributed by atoms with Crippen molar-refractivity contribution in [2.24, 2.45) is 0 Å². The molecule has 1 saturated heterocycles. The van der Waals surface area contributed by atoms with E-state index in [0.717, 1.165) is 37.0 Å². The summed E-state index contributed by atoms with van der Waals surface area (Å²) in [6, 6.07) is 9.85. The molecule has 6 heteroatoms. The van der Waals surface area contributed by atoms with Gasteiger partial charge in [-0.1, -0.05) is 49.6 Å². The fraction of sp³-hybridized carbons (Fsp3) is 0.571. The number of urea groups is 1. The average molecular weight is 369 g/mol. The lowest BCUT2D eigenvalue weighted by molar-refractivity contribution is -0.137. The first-order valence-electron chi connectivity index (χ1n) is 9.91. The highest BCUT2D eigenvalue weighted by molar-refractivity contribution is 6.08. The third-order valence-electron chi connectivity index (χ3n) is 6.65. The standard InChI is InChI=1S/C21H27N3O3/c1-23-19(27)24(18(26)21(23)10-6-3-7-11-21)14-17(25)22-15-20(12-13-20)16-8-4-2-5-9-16/h2,4-5,8-9H,3,6-7,10-15H2,1H3,(H,22,25). The first-order chi connectivity index (χ1) is 13.0. The summed E-state index contributed by atoms with van der Waals surface area (Å²) in [5.74, 6) is -0.464. The number of hydrogen-bond donors (Lipinski definition) is 1. The van der Waals surface area contributed by atoms with E-state index in [2.05, 4.69) is 17.4 Å². The Labute approximate surface area is 159 Å². The third kappa shape index (κ3) is 3.01. The van der Waals surface area contributed by atoms with E-state index in [4.69, 9.17) is 0 Å². The second-order valence-electron chi connectivity index (χ2n) is 8.25. The normalized spacial score (nSPS) is 23.0. The Morgan fingerprint density at radius 2 is 1.70 bits per heavy atom. The molecule has 0 atom stereocenters. The fourth-order valence-corrected chi connectivity index (χ4v) is 4.65. The van der Waals surface area contributed by atoms with E-state index in [0.29, 0.717) is 19.4 Å². The minimum absolute atomic E-state index is 0.0112. The summed E-state index contributed by atoms with van der Waals surface area (Å²) in [6.45, 7) is 0.363. The molecule has 2 aliphatic carbocycles. The minimum Gasteiger partial charge on any atom is -0.354 e. The van der Waals surface area contributed by atoms with Gasteiger partial charge in [0, 0.05) is 19.0 Å². The highest BCUT2D eigenvalue weighted by atomic mass is 16.2. The van der Waals surface area contributed by atoms with Crippen LogP contribution in [0.4, 0.5) is 4.79 Å². The van der Waals surface area contributed by atoms with Crippen LogP contribution < -0.4 is 5.32 Å². The molecule has 1 aromatic carbocycles. The van der Waals surface area contributed by atoms with Crippen molar-refractivity contribution in [3.8, 4) is 0 Å². The van der Waals surface area contributed by atoms with Crippen LogP contribution in [0.5, 0.6) is 0 Å². The molecule has 1 N–H and O–H groups in total. The highest BCUT2D eigenvalue weighted by Gasteiger charge is 2.56. The van der Waals surface area contributed by atoms with E-state index in [1.807, 2.05) is 18.2 Å². The van der Waals surface area contributed by atoms with Crippen molar-refractivity contribution < 1.29 is 14.4 Å². The molecule has 6 nitrogen and oxygen atoms in total. The summed E-state index contributed by atoms with van der Waals surface area (Å²) in [4.78, 5) is 40.8. The number of likely N-dealkylation sites (N-methyl/N-ethyl adjacent to an activating group) is 1. The Kier molecular flexibility index (Phi) is 4.44. The van der Waals surface area contributed by atoms with Crippen LogP contribution in [0.15, 0.2) is 30.3 Å². The van der Waals surface area contributed by atoms with Crippen molar-refractivity contribution in [1.29, 1.82) is 0 Å². The fourth-order valence-electron chi connectivity index (χ4n) is 4.65. The molecule has 144 valence electrons. The predicted molar refractivity (Wildman–Crippen MR) is 101 cm³/mol. The van der Waals surface area contributed by atoms with Gasteiger partial charge in [-0.3, -0.25) is 14.5 Å². The Morgan fingerprint density at radius 1 is 1.04 bits per heavy atom. The van der Waals surface area contributed by atoms with E-state index in [1.54, 1.807) is 11.9 Å². The summed E-state index contributed by atoms with van der Waals surface area (Å²) in [7, 11) is 1.69. The molecule has 1 aromatic rings. The SMILES string of the molecule is CN1C(=O)N(CC(=O)NCC2(c3ccccc3)CC2)C(=O)C12CCCCC2. The van der Waals surface area contributed by atoms with Gasteiger partial charge in [-0.15, -0.1) is 0 Å². The molecule has 4 rings (SSSR count). The highest BCUT2D eigenvalue weighted by Crippen LogP contribution is 2.47. The average Bonchev–Trinajstić information content (AvgIpc) is 3.48. The summed E-state index contributed by atoms with van der Waals surface area (Å²) >= 11 is 0. The number of carbonyl (C=O) groups is 3. The number of nitrogens with zero attached hydrogens (tertiary/aromatic N) is 2. The molecule has 0 aromatic heterocycles. The zero-order valence-electron chi connectivity index (χ0n) is 15.9.